The standard InChI is InChI=1S/C8H19NOS/c1-4-7-9(6-3)11(10)8-5-2/h4-8H2,1-3H3. The summed E-state index contributed by atoms with van der Waals surface area (Å²) >= 11 is -0.724. The molecule has 0 rings (SSSR count). The van der Waals surface area contributed by atoms with E-state index in [1.807, 2.05) is 4.31 Å². The van der Waals surface area contributed by atoms with Crippen molar-refractivity contribution in [3.05, 3.63) is 0 Å². The lowest BCUT2D eigenvalue weighted by atomic mass is 10.5. The number of nitrogens with zero attached hydrogens (tertiary/aromatic N) is 1. The highest BCUT2D eigenvalue weighted by Gasteiger charge is 2.14. The molecule has 1 unspecified atom stereocenters. The van der Waals surface area contributed by atoms with E-state index in [1.54, 1.807) is 0 Å². The van der Waals surface area contributed by atoms with E-state index < -0.39 is 11.4 Å². The van der Waals surface area contributed by atoms with E-state index in [1.165, 1.54) is 0 Å². The van der Waals surface area contributed by atoms with Crippen molar-refractivity contribution in [1.82, 2.24) is 4.31 Å². The Labute approximate surface area is 73.3 Å². The molecule has 0 saturated heterocycles. The van der Waals surface area contributed by atoms with Crippen LogP contribution in [0, 0.1) is 0 Å². The first-order valence-electron chi connectivity index (χ1n) is 4.39. The predicted molar refractivity (Wildman–Crippen MR) is 50.8 cm³/mol. The monoisotopic (exact) mass is 177 g/mol. The highest BCUT2D eigenvalue weighted by Crippen LogP contribution is 2.03. The van der Waals surface area contributed by atoms with Gasteiger partial charge in [0.05, 0.1) is 0 Å². The number of hydrogen-bond donors (Lipinski definition) is 0. The Morgan fingerprint density at radius 3 is 2.18 bits per heavy atom. The van der Waals surface area contributed by atoms with Gasteiger partial charge in [0, 0.05) is 24.5 Å². The average Bonchev–Trinajstić information content (AvgIpc) is 2.00. The molecule has 0 aromatic carbocycles. The first-order chi connectivity index (χ1) is 5.26. The van der Waals surface area contributed by atoms with Gasteiger partial charge in [0.2, 0.25) is 0 Å². The molecule has 0 spiro atoms. The molecule has 0 aliphatic rings. The van der Waals surface area contributed by atoms with Crippen LogP contribution in [0.2, 0.25) is 0 Å². The summed E-state index contributed by atoms with van der Waals surface area (Å²) < 4.78 is 13.4. The second-order valence-corrected chi connectivity index (χ2v) is 4.11. The zero-order chi connectivity index (χ0) is 8.69. The minimum atomic E-state index is -0.724. The molecule has 3 heteroatoms. The molecule has 0 aromatic heterocycles. The van der Waals surface area contributed by atoms with Gasteiger partial charge in [-0.05, 0) is 19.8 Å². The van der Waals surface area contributed by atoms with E-state index in [0.717, 1.165) is 31.7 Å². The number of rotatable bonds is 6. The molecular weight excluding hydrogens is 158 g/mol. The van der Waals surface area contributed by atoms with Crippen LogP contribution in [-0.2, 0) is 11.4 Å². The Bertz CT molecular complexity index is 90.2. The quantitative estimate of drug-likeness (QED) is 0.578. The van der Waals surface area contributed by atoms with Gasteiger partial charge in [0.25, 0.3) is 0 Å². The van der Waals surface area contributed by atoms with E-state index in [4.69, 9.17) is 0 Å². The summed E-state index contributed by atoms with van der Waals surface area (Å²) in [4.78, 5) is 0. The van der Waals surface area contributed by atoms with Gasteiger partial charge in [0.15, 0.2) is 0 Å². The van der Waals surface area contributed by atoms with Crippen molar-refractivity contribution >= 4 is 11.4 Å². The van der Waals surface area contributed by atoms with Crippen LogP contribution in [0.5, 0.6) is 0 Å². The van der Waals surface area contributed by atoms with Crippen molar-refractivity contribution in [2.24, 2.45) is 0 Å². The zero-order valence-electron chi connectivity index (χ0n) is 7.80. The van der Waals surface area contributed by atoms with Gasteiger partial charge in [-0.1, -0.05) is 13.8 Å². The van der Waals surface area contributed by atoms with E-state index in [-0.39, 0.29) is 0 Å². The second-order valence-electron chi connectivity index (χ2n) is 2.55. The summed E-state index contributed by atoms with van der Waals surface area (Å²) in [6.45, 7) is 8.11. The Morgan fingerprint density at radius 2 is 1.82 bits per heavy atom. The fourth-order valence-corrected chi connectivity index (χ4v) is 2.24. The Morgan fingerprint density at radius 1 is 1.18 bits per heavy atom. The molecule has 0 radical (unpaired) electrons. The fourth-order valence-electron chi connectivity index (χ4n) is 0.957. The van der Waals surface area contributed by atoms with Crippen LogP contribution < -0.4 is 0 Å². The van der Waals surface area contributed by atoms with Crippen molar-refractivity contribution in [2.75, 3.05) is 18.8 Å². The third-order valence-corrected chi connectivity index (χ3v) is 3.27. The zero-order valence-corrected chi connectivity index (χ0v) is 8.62. The summed E-state index contributed by atoms with van der Waals surface area (Å²) in [6, 6.07) is 0. The Kier molecular flexibility index (Phi) is 7.12. The van der Waals surface area contributed by atoms with Crippen molar-refractivity contribution in [1.29, 1.82) is 0 Å². The first-order valence-corrected chi connectivity index (χ1v) is 5.67. The van der Waals surface area contributed by atoms with Gasteiger partial charge in [-0.15, -0.1) is 4.31 Å². The third kappa shape index (κ3) is 4.67. The molecule has 0 fully saturated rings. The maximum absolute atomic E-state index is 11.4. The summed E-state index contributed by atoms with van der Waals surface area (Å²) in [5, 5.41) is 0. The van der Waals surface area contributed by atoms with Gasteiger partial charge in [-0.25, -0.2) is 0 Å². The highest BCUT2D eigenvalue weighted by molar-refractivity contribution is 7.89. The van der Waals surface area contributed by atoms with Crippen molar-refractivity contribution < 1.29 is 4.55 Å². The smallest absolute Gasteiger partial charge is 0.125 e. The van der Waals surface area contributed by atoms with Crippen LogP contribution in [0.3, 0.4) is 0 Å². The molecule has 0 amide bonds. The van der Waals surface area contributed by atoms with Gasteiger partial charge in [-0.3, -0.25) is 0 Å². The van der Waals surface area contributed by atoms with Crippen LogP contribution in [0.4, 0.5) is 0 Å². The molecule has 2 nitrogen and oxygen atoms in total. The molecule has 68 valence electrons. The molecule has 0 N–H and O–H groups in total. The molecule has 0 aliphatic carbocycles. The van der Waals surface area contributed by atoms with Gasteiger partial charge < -0.3 is 4.55 Å². The molecule has 11 heavy (non-hydrogen) atoms. The SMILES string of the molecule is CCCN(CC)[S+]([O-])CCC. The summed E-state index contributed by atoms with van der Waals surface area (Å²) in [7, 11) is 0. The van der Waals surface area contributed by atoms with Crippen LogP contribution in [0.1, 0.15) is 33.6 Å². The van der Waals surface area contributed by atoms with Crippen LogP contribution >= 0.6 is 0 Å². The average molecular weight is 177 g/mol. The molecule has 0 saturated carbocycles. The van der Waals surface area contributed by atoms with Gasteiger partial charge in [0.1, 0.15) is 5.75 Å². The van der Waals surface area contributed by atoms with Gasteiger partial charge >= 0.3 is 0 Å². The van der Waals surface area contributed by atoms with E-state index in [2.05, 4.69) is 20.8 Å². The maximum atomic E-state index is 11.4. The lowest BCUT2D eigenvalue weighted by molar-refractivity contribution is 0.426. The molecule has 0 aromatic rings. The summed E-state index contributed by atoms with van der Waals surface area (Å²) in [6.07, 6.45) is 2.09. The normalized spacial score (nSPS) is 13.9. The van der Waals surface area contributed by atoms with Crippen molar-refractivity contribution in [2.45, 2.75) is 33.6 Å². The molecule has 0 heterocycles. The fraction of sp³-hybridized carbons (Fsp3) is 1.00. The minimum Gasteiger partial charge on any atom is -0.598 e. The van der Waals surface area contributed by atoms with Gasteiger partial charge in [-0.2, -0.15) is 0 Å². The van der Waals surface area contributed by atoms with Crippen LogP contribution in [0.15, 0.2) is 0 Å². The summed E-state index contributed by atoms with van der Waals surface area (Å²) in [5.74, 6) is 0.813. The molecule has 0 aliphatic heterocycles. The summed E-state index contributed by atoms with van der Waals surface area (Å²) in [5.41, 5.74) is 0. The van der Waals surface area contributed by atoms with Crippen molar-refractivity contribution in [3.8, 4) is 0 Å². The minimum absolute atomic E-state index is 0.724. The van der Waals surface area contributed by atoms with Crippen LogP contribution in [-0.4, -0.2) is 27.7 Å². The Hall–Kier alpha value is 0.270. The third-order valence-electron chi connectivity index (χ3n) is 1.49. The lowest BCUT2D eigenvalue weighted by Gasteiger charge is -2.21. The van der Waals surface area contributed by atoms with Crippen LogP contribution in [0.25, 0.3) is 0 Å². The Balaban J connectivity index is 3.61. The lowest BCUT2D eigenvalue weighted by Crippen LogP contribution is -2.33. The second kappa shape index (κ2) is 6.95. The predicted octanol–water partition coefficient (Wildman–Crippen LogP) is 1.79. The first kappa shape index (κ1) is 11.3. The van der Waals surface area contributed by atoms with E-state index in [0.29, 0.717) is 0 Å². The van der Waals surface area contributed by atoms with E-state index >= 15 is 0 Å². The highest BCUT2D eigenvalue weighted by atomic mass is 32.2. The van der Waals surface area contributed by atoms with E-state index in [9.17, 15) is 4.55 Å². The maximum Gasteiger partial charge on any atom is 0.125 e. The largest absolute Gasteiger partial charge is 0.598 e. The molecular formula is C8H19NOS. The number of hydrogen-bond acceptors (Lipinski definition) is 2. The van der Waals surface area contributed by atoms with Crippen molar-refractivity contribution in [3.63, 3.8) is 0 Å². The topological polar surface area (TPSA) is 26.3 Å². The molecule has 0 bridgehead atoms. The molecule has 1 atom stereocenters.